The second-order valence-electron chi connectivity index (χ2n) is 6.36. The van der Waals surface area contributed by atoms with Gasteiger partial charge in [0.15, 0.2) is 0 Å². The Kier molecular flexibility index (Phi) is 6.11. The van der Waals surface area contributed by atoms with E-state index in [1.807, 2.05) is 20.0 Å². The van der Waals surface area contributed by atoms with E-state index in [9.17, 15) is 4.79 Å². The van der Waals surface area contributed by atoms with Crippen molar-refractivity contribution in [2.75, 3.05) is 29.9 Å². The summed E-state index contributed by atoms with van der Waals surface area (Å²) in [7, 11) is 0. The average molecular weight is 417 g/mol. The minimum absolute atomic E-state index is 0. The van der Waals surface area contributed by atoms with E-state index in [2.05, 4.69) is 36.1 Å². The lowest BCUT2D eigenvalue weighted by Gasteiger charge is -2.22. The predicted octanol–water partition coefficient (Wildman–Crippen LogP) is 3.13. The molecule has 4 N–H and O–H groups in total. The summed E-state index contributed by atoms with van der Waals surface area (Å²) in [6.07, 6.45) is 4.70. The Labute approximate surface area is 156 Å². The molecular formula is C16H23BrClN5O. The normalized spacial score (nSPS) is 17.4. The van der Waals surface area contributed by atoms with Crippen LogP contribution in [0.15, 0.2) is 16.9 Å². The van der Waals surface area contributed by atoms with E-state index in [-0.39, 0.29) is 24.2 Å². The molecule has 2 aromatic heterocycles. The van der Waals surface area contributed by atoms with Crippen LogP contribution in [0.2, 0.25) is 0 Å². The van der Waals surface area contributed by atoms with Gasteiger partial charge in [-0.3, -0.25) is 4.79 Å². The number of nitrogens with two attached hydrogens (primary N) is 1. The first-order valence-electron chi connectivity index (χ1n) is 7.92. The van der Waals surface area contributed by atoms with Crippen LogP contribution < -0.4 is 16.0 Å². The van der Waals surface area contributed by atoms with Gasteiger partial charge in [-0.05, 0) is 34.8 Å². The number of anilines is 2. The third-order valence-electron chi connectivity index (χ3n) is 4.35. The first-order valence-corrected chi connectivity index (χ1v) is 8.72. The van der Waals surface area contributed by atoms with Crippen LogP contribution in [0.4, 0.5) is 11.4 Å². The van der Waals surface area contributed by atoms with Crippen molar-refractivity contribution in [2.45, 2.75) is 20.3 Å². The largest absolute Gasteiger partial charge is 0.370 e. The molecule has 2 aromatic rings. The number of amides is 1. The molecule has 0 unspecified atom stereocenters. The molecule has 24 heavy (non-hydrogen) atoms. The van der Waals surface area contributed by atoms with Gasteiger partial charge in [-0.2, -0.15) is 0 Å². The summed E-state index contributed by atoms with van der Waals surface area (Å²) in [6.45, 7) is 6.35. The molecule has 1 aliphatic rings. The van der Waals surface area contributed by atoms with E-state index in [4.69, 9.17) is 5.73 Å². The SMILES string of the molecule is CC(C)C(=O)Nc1c[nH]c2ncc(Br)c(N3CC[C@H](CN)C3)c12.Cl. The number of carbonyl (C=O) groups excluding carboxylic acids is 1. The zero-order valence-corrected chi connectivity index (χ0v) is 16.2. The van der Waals surface area contributed by atoms with Gasteiger partial charge in [0.25, 0.3) is 0 Å². The molecule has 6 nitrogen and oxygen atoms in total. The van der Waals surface area contributed by atoms with Crippen LogP contribution in [0, 0.1) is 11.8 Å². The van der Waals surface area contributed by atoms with Gasteiger partial charge >= 0.3 is 0 Å². The van der Waals surface area contributed by atoms with Gasteiger partial charge in [0.2, 0.25) is 5.91 Å². The lowest BCUT2D eigenvalue weighted by molar-refractivity contribution is -0.118. The summed E-state index contributed by atoms with van der Waals surface area (Å²) in [6, 6.07) is 0. The average Bonchev–Trinajstić information content (AvgIpc) is 3.14. The summed E-state index contributed by atoms with van der Waals surface area (Å²) in [5, 5.41) is 3.95. The van der Waals surface area contributed by atoms with Crippen LogP contribution in [0.25, 0.3) is 11.0 Å². The molecule has 0 bridgehead atoms. The van der Waals surface area contributed by atoms with Crippen LogP contribution >= 0.6 is 28.3 Å². The fourth-order valence-corrected chi connectivity index (χ4v) is 3.52. The molecule has 132 valence electrons. The maximum Gasteiger partial charge on any atom is 0.226 e. The third kappa shape index (κ3) is 3.53. The van der Waals surface area contributed by atoms with Crippen LogP contribution in [0.1, 0.15) is 20.3 Å². The number of aromatic nitrogens is 2. The van der Waals surface area contributed by atoms with Crippen LogP contribution in [0.3, 0.4) is 0 Å². The third-order valence-corrected chi connectivity index (χ3v) is 4.93. The first-order chi connectivity index (χ1) is 11.0. The number of rotatable bonds is 4. The summed E-state index contributed by atoms with van der Waals surface area (Å²) in [5.41, 5.74) is 8.45. The van der Waals surface area contributed by atoms with Crippen molar-refractivity contribution in [1.82, 2.24) is 9.97 Å². The number of nitrogens with zero attached hydrogens (tertiary/aromatic N) is 2. The predicted molar refractivity (Wildman–Crippen MR) is 104 cm³/mol. The maximum absolute atomic E-state index is 12.1. The summed E-state index contributed by atoms with van der Waals surface area (Å²) in [5.74, 6) is 0.438. The van der Waals surface area contributed by atoms with Gasteiger partial charge in [-0.1, -0.05) is 13.8 Å². The van der Waals surface area contributed by atoms with E-state index >= 15 is 0 Å². The molecule has 3 heterocycles. The van der Waals surface area contributed by atoms with Crippen molar-refractivity contribution >= 4 is 56.7 Å². The number of pyridine rings is 1. The standard InChI is InChI=1S/C16H22BrN5O.ClH/c1-9(2)16(23)21-12-7-20-15-13(12)14(11(17)6-19-15)22-4-3-10(5-18)8-22;/h6-7,9-10H,3-5,8,18H2,1-2H3,(H,19,20)(H,21,23);1H/t10-;/m1./s1. The Hall–Kier alpha value is -1.31. The van der Waals surface area contributed by atoms with Crippen LogP contribution in [-0.4, -0.2) is 35.5 Å². The molecule has 0 spiro atoms. The molecule has 0 radical (unpaired) electrons. The van der Waals surface area contributed by atoms with Crippen molar-refractivity contribution in [2.24, 2.45) is 17.6 Å². The number of carbonyl (C=O) groups is 1. The number of halogens is 2. The quantitative estimate of drug-likeness (QED) is 0.714. The lowest BCUT2D eigenvalue weighted by Crippen LogP contribution is -2.23. The van der Waals surface area contributed by atoms with E-state index in [0.717, 1.165) is 46.4 Å². The first kappa shape index (κ1) is 19.0. The van der Waals surface area contributed by atoms with E-state index in [1.165, 1.54) is 0 Å². The molecule has 1 fully saturated rings. The monoisotopic (exact) mass is 415 g/mol. The second-order valence-corrected chi connectivity index (χ2v) is 7.22. The highest BCUT2D eigenvalue weighted by Gasteiger charge is 2.26. The lowest BCUT2D eigenvalue weighted by atomic mass is 10.1. The van der Waals surface area contributed by atoms with Crippen molar-refractivity contribution in [1.29, 1.82) is 0 Å². The number of fused-ring (bicyclic) bond motifs is 1. The topological polar surface area (TPSA) is 87.0 Å². The molecule has 1 atom stereocenters. The molecule has 8 heteroatoms. The van der Waals surface area contributed by atoms with E-state index < -0.39 is 0 Å². The number of H-pyrrole nitrogens is 1. The van der Waals surface area contributed by atoms with Gasteiger partial charge in [-0.25, -0.2) is 4.98 Å². The maximum atomic E-state index is 12.1. The smallest absolute Gasteiger partial charge is 0.226 e. The highest BCUT2D eigenvalue weighted by atomic mass is 79.9. The molecule has 1 amide bonds. The minimum atomic E-state index is -0.0723. The van der Waals surface area contributed by atoms with Crippen molar-refractivity contribution in [3.05, 3.63) is 16.9 Å². The van der Waals surface area contributed by atoms with Crippen LogP contribution in [-0.2, 0) is 4.79 Å². The van der Waals surface area contributed by atoms with Gasteiger partial charge < -0.3 is 20.9 Å². The summed E-state index contributed by atoms with van der Waals surface area (Å²) < 4.78 is 0.933. The fourth-order valence-electron chi connectivity index (χ4n) is 2.97. The Morgan fingerprint density at radius 2 is 2.33 bits per heavy atom. The highest BCUT2D eigenvalue weighted by Crippen LogP contribution is 2.39. The number of aromatic amines is 1. The Morgan fingerprint density at radius 3 is 2.96 bits per heavy atom. The Balaban J connectivity index is 0.00000208. The van der Waals surface area contributed by atoms with E-state index in [1.54, 1.807) is 6.20 Å². The molecule has 0 aliphatic carbocycles. The zero-order chi connectivity index (χ0) is 16.6. The van der Waals surface area contributed by atoms with Crippen LogP contribution in [0.5, 0.6) is 0 Å². The van der Waals surface area contributed by atoms with Gasteiger partial charge in [0.05, 0.1) is 21.2 Å². The zero-order valence-electron chi connectivity index (χ0n) is 13.8. The van der Waals surface area contributed by atoms with Crippen molar-refractivity contribution in [3.8, 4) is 0 Å². The van der Waals surface area contributed by atoms with E-state index in [0.29, 0.717) is 12.5 Å². The molecule has 1 saturated heterocycles. The summed E-state index contributed by atoms with van der Waals surface area (Å²) >= 11 is 3.62. The minimum Gasteiger partial charge on any atom is -0.370 e. The highest BCUT2D eigenvalue weighted by molar-refractivity contribution is 9.10. The van der Waals surface area contributed by atoms with Gasteiger partial charge in [0.1, 0.15) is 5.65 Å². The molecular weight excluding hydrogens is 394 g/mol. The molecule has 3 rings (SSSR count). The molecule has 0 saturated carbocycles. The van der Waals surface area contributed by atoms with Crippen molar-refractivity contribution in [3.63, 3.8) is 0 Å². The Morgan fingerprint density at radius 1 is 1.58 bits per heavy atom. The van der Waals surface area contributed by atoms with Gasteiger partial charge in [0, 0.05) is 31.4 Å². The number of hydrogen-bond donors (Lipinski definition) is 3. The molecule has 1 aliphatic heterocycles. The second kappa shape index (κ2) is 7.72. The Bertz CT molecular complexity index is 733. The van der Waals surface area contributed by atoms with Gasteiger partial charge in [-0.15, -0.1) is 12.4 Å². The van der Waals surface area contributed by atoms with Crippen molar-refractivity contribution < 1.29 is 4.79 Å². The number of nitrogens with one attached hydrogen (secondary N) is 2. The summed E-state index contributed by atoms with van der Waals surface area (Å²) in [4.78, 5) is 22.0. The fraction of sp³-hybridized carbons (Fsp3) is 0.500. The molecule has 0 aromatic carbocycles. The number of hydrogen-bond acceptors (Lipinski definition) is 4.